The number of benzene rings is 2. The molecule has 2 aromatic rings. The summed E-state index contributed by atoms with van der Waals surface area (Å²) in [5, 5.41) is 13.9. The van der Waals surface area contributed by atoms with Crippen LogP contribution < -0.4 is 16.4 Å². The van der Waals surface area contributed by atoms with Gasteiger partial charge in [-0.1, -0.05) is 42.5 Å². The molecule has 4 aliphatic carbocycles. The Bertz CT molecular complexity index is 1010. The summed E-state index contributed by atoms with van der Waals surface area (Å²) in [6.07, 6.45) is 6.25. The van der Waals surface area contributed by atoms with Crippen LogP contribution in [0.3, 0.4) is 0 Å². The molecule has 4 bridgehead atoms. The van der Waals surface area contributed by atoms with Crippen LogP contribution in [0.4, 0.5) is 0 Å². The Labute approximate surface area is 188 Å². The highest BCUT2D eigenvalue weighted by Gasteiger charge is 2.49. The van der Waals surface area contributed by atoms with Crippen molar-refractivity contribution in [2.75, 3.05) is 0 Å². The molecule has 5 N–H and O–H groups in total. The number of amidine groups is 1. The van der Waals surface area contributed by atoms with Crippen molar-refractivity contribution in [3.8, 4) is 0 Å². The van der Waals surface area contributed by atoms with Crippen molar-refractivity contribution in [3.05, 3.63) is 71.3 Å². The van der Waals surface area contributed by atoms with Gasteiger partial charge in [0.15, 0.2) is 0 Å². The molecule has 6 nitrogen and oxygen atoms in total. The maximum atomic E-state index is 13.5. The topological polar surface area (TPSA) is 108 Å². The molecule has 6 heteroatoms. The number of nitrogens with two attached hydrogens (primary N) is 1. The maximum Gasteiger partial charge on any atom is 0.252 e. The number of nitrogen functional groups attached to an aromatic ring is 1. The van der Waals surface area contributed by atoms with Crippen LogP contribution in [-0.4, -0.2) is 23.7 Å². The minimum absolute atomic E-state index is 0.0983. The molecule has 0 aliphatic heterocycles. The fourth-order valence-corrected chi connectivity index (χ4v) is 6.40. The zero-order chi connectivity index (χ0) is 22.2. The number of hydrogen-bond donors (Lipinski definition) is 4. The zero-order valence-electron chi connectivity index (χ0n) is 18.1. The van der Waals surface area contributed by atoms with E-state index < -0.39 is 6.04 Å². The number of amides is 2. The quantitative estimate of drug-likeness (QED) is 0.417. The van der Waals surface area contributed by atoms with Crippen molar-refractivity contribution in [2.45, 2.75) is 44.2 Å². The van der Waals surface area contributed by atoms with Crippen LogP contribution in [0.5, 0.6) is 0 Å². The standard InChI is InChI=1S/C26H30N4O2/c27-24(28)18-7-4-8-19(14-18)25(31)30-23(17-5-2-1-3-6-17)26(32)29-22-20-10-15-9-16(12-20)13-21(22)11-15/h1-8,14-16,20-23H,9-13H2,(H3,27,28)(H,29,32)(H,30,31)/t15?,16?,20?,21?,22?,23-/m1/s1. The molecule has 4 aliphatic rings. The lowest BCUT2D eigenvalue weighted by atomic mass is 9.54. The van der Waals surface area contributed by atoms with Crippen molar-refractivity contribution >= 4 is 17.6 Å². The van der Waals surface area contributed by atoms with E-state index in [4.69, 9.17) is 11.1 Å². The van der Waals surface area contributed by atoms with Gasteiger partial charge in [0, 0.05) is 17.2 Å². The fourth-order valence-electron chi connectivity index (χ4n) is 6.40. The van der Waals surface area contributed by atoms with Crippen LogP contribution in [-0.2, 0) is 4.79 Å². The van der Waals surface area contributed by atoms with Crippen LogP contribution >= 0.6 is 0 Å². The normalized spacial score (nSPS) is 28.7. The number of carbonyl (C=O) groups excluding carboxylic acids is 2. The second-order valence-electron chi connectivity index (χ2n) is 9.78. The predicted molar refractivity (Wildman–Crippen MR) is 123 cm³/mol. The first kappa shape index (κ1) is 20.7. The summed E-state index contributed by atoms with van der Waals surface area (Å²) in [6, 6.07) is 15.4. The van der Waals surface area contributed by atoms with Gasteiger partial charge < -0.3 is 16.4 Å². The van der Waals surface area contributed by atoms with Crippen molar-refractivity contribution in [3.63, 3.8) is 0 Å². The SMILES string of the molecule is N=C(N)c1cccc(C(=O)N[C@@H](C(=O)NC2C3CC4CC(C3)CC2C4)c2ccccc2)c1. The Morgan fingerprint density at radius 3 is 2.12 bits per heavy atom. The summed E-state index contributed by atoms with van der Waals surface area (Å²) in [6.45, 7) is 0. The lowest BCUT2D eigenvalue weighted by Crippen LogP contribution is -2.57. The van der Waals surface area contributed by atoms with Crippen molar-refractivity contribution in [1.82, 2.24) is 10.6 Å². The molecule has 1 atom stereocenters. The van der Waals surface area contributed by atoms with Crippen molar-refractivity contribution in [1.29, 1.82) is 5.41 Å². The van der Waals surface area contributed by atoms with E-state index >= 15 is 0 Å². The van der Waals surface area contributed by atoms with Gasteiger partial charge in [0.1, 0.15) is 11.9 Å². The Balaban J connectivity index is 1.36. The molecule has 0 saturated heterocycles. The maximum absolute atomic E-state index is 13.5. The number of hydrogen-bond acceptors (Lipinski definition) is 3. The molecule has 6 rings (SSSR count). The molecule has 32 heavy (non-hydrogen) atoms. The Morgan fingerprint density at radius 2 is 1.50 bits per heavy atom. The minimum atomic E-state index is -0.776. The molecule has 2 aromatic carbocycles. The first-order valence-electron chi connectivity index (χ1n) is 11.6. The van der Waals surface area contributed by atoms with E-state index in [9.17, 15) is 9.59 Å². The van der Waals surface area contributed by atoms with Crippen molar-refractivity contribution in [2.24, 2.45) is 29.4 Å². The average Bonchev–Trinajstić information content (AvgIpc) is 2.79. The van der Waals surface area contributed by atoms with Gasteiger partial charge in [-0.25, -0.2) is 0 Å². The third kappa shape index (κ3) is 4.01. The summed E-state index contributed by atoms with van der Waals surface area (Å²) < 4.78 is 0. The largest absolute Gasteiger partial charge is 0.384 e. The van der Waals surface area contributed by atoms with Gasteiger partial charge in [-0.3, -0.25) is 15.0 Å². The van der Waals surface area contributed by atoms with E-state index in [2.05, 4.69) is 10.6 Å². The van der Waals surface area contributed by atoms with Crippen LogP contribution in [0.25, 0.3) is 0 Å². The molecule has 0 radical (unpaired) electrons. The first-order chi connectivity index (χ1) is 15.5. The Kier molecular flexibility index (Phi) is 5.45. The summed E-state index contributed by atoms with van der Waals surface area (Å²) >= 11 is 0. The lowest BCUT2D eigenvalue weighted by Gasteiger charge is -2.54. The van der Waals surface area contributed by atoms with Crippen LogP contribution in [0.2, 0.25) is 0 Å². The minimum Gasteiger partial charge on any atom is -0.384 e. The van der Waals surface area contributed by atoms with Gasteiger partial charge in [-0.2, -0.15) is 0 Å². The third-order valence-corrected chi connectivity index (χ3v) is 7.64. The highest BCUT2D eigenvalue weighted by Crippen LogP contribution is 2.53. The molecule has 4 fully saturated rings. The second kappa shape index (κ2) is 8.41. The molecule has 166 valence electrons. The molecule has 0 aromatic heterocycles. The molecule has 4 saturated carbocycles. The third-order valence-electron chi connectivity index (χ3n) is 7.64. The van der Waals surface area contributed by atoms with Gasteiger partial charge in [0.25, 0.3) is 5.91 Å². The Morgan fingerprint density at radius 1 is 0.875 bits per heavy atom. The van der Waals surface area contributed by atoms with Gasteiger partial charge >= 0.3 is 0 Å². The highest BCUT2D eigenvalue weighted by atomic mass is 16.2. The smallest absolute Gasteiger partial charge is 0.252 e. The molecular weight excluding hydrogens is 400 g/mol. The zero-order valence-corrected chi connectivity index (χ0v) is 18.1. The summed E-state index contributed by atoms with van der Waals surface area (Å²) in [4.78, 5) is 26.5. The van der Waals surface area contributed by atoms with Crippen LogP contribution in [0.1, 0.15) is 59.6 Å². The van der Waals surface area contributed by atoms with E-state index in [-0.39, 0.29) is 23.7 Å². The van der Waals surface area contributed by atoms with E-state index in [1.165, 1.54) is 32.1 Å². The molecule has 0 heterocycles. The van der Waals surface area contributed by atoms with Gasteiger partial charge in [-0.15, -0.1) is 0 Å². The highest BCUT2D eigenvalue weighted by molar-refractivity contribution is 6.01. The lowest BCUT2D eigenvalue weighted by molar-refractivity contribution is -0.127. The molecular formula is C26H30N4O2. The monoisotopic (exact) mass is 430 g/mol. The Hall–Kier alpha value is -3.15. The second-order valence-corrected chi connectivity index (χ2v) is 9.78. The summed E-state index contributed by atoms with van der Waals surface area (Å²) in [5.41, 5.74) is 7.18. The van der Waals surface area contributed by atoms with Gasteiger partial charge in [0.2, 0.25) is 5.91 Å². The molecule has 0 spiro atoms. The fraction of sp³-hybridized carbons (Fsp3) is 0.423. The van der Waals surface area contributed by atoms with Gasteiger partial charge in [0.05, 0.1) is 0 Å². The van der Waals surface area contributed by atoms with Crippen molar-refractivity contribution < 1.29 is 9.59 Å². The van der Waals surface area contributed by atoms with Crippen LogP contribution in [0.15, 0.2) is 54.6 Å². The summed E-state index contributed by atoms with van der Waals surface area (Å²) in [5.74, 6) is 2.20. The number of rotatable bonds is 6. The van der Waals surface area contributed by atoms with E-state index in [0.717, 1.165) is 17.4 Å². The van der Waals surface area contributed by atoms with E-state index in [1.54, 1.807) is 24.3 Å². The molecule has 2 amide bonds. The first-order valence-corrected chi connectivity index (χ1v) is 11.6. The van der Waals surface area contributed by atoms with Crippen LogP contribution in [0, 0.1) is 29.1 Å². The summed E-state index contributed by atoms with van der Waals surface area (Å²) in [7, 11) is 0. The molecule has 0 unspecified atom stereocenters. The average molecular weight is 431 g/mol. The number of nitrogens with one attached hydrogen (secondary N) is 3. The van der Waals surface area contributed by atoms with Gasteiger partial charge in [-0.05, 0) is 73.5 Å². The number of carbonyl (C=O) groups is 2. The van der Waals surface area contributed by atoms with E-state index in [0.29, 0.717) is 23.0 Å². The van der Waals surface area contributed by atoms with E-state index in [1.807, 2.05) is 30.3 Å². The predicted octanol–water partition coefficient (Wildman–Crippen LogP) is 3.38.